The maximum absolute atomic E-state index is 14.1. The lowest BCUT2D eigenvalue weighted by Crippen LogP contribution is -2.62. The molecule has 2 amide bonds. The highest BCUT2D eigenvalue weighted by Gasteiger charge is 2.38. The molecule has 266 valence electrons. The van der Waals surface area contributed by atoms with E-state index in [-0.39, 0.29) is 25.1 Å². The van der Waals surface area contributed by atoms with Gasteiger partial charge in [-0.3, -0.25) is 19.6 Å². The zero-order valence-electron chi connectivity index (χ0n) is 29.7. The van der Waals surface area contributed by atoms with Gasteiger partial charge in [-0.15, -0.1) is 0 Å². The quantitative estimate of drug-likeness (QED) is 0.149. The van der Waals surface area contributed by atoms with Gasteiger partial charge < -0.3 is 19.9 Å². The predicted octanol–water partition coefficient (Wildman–Crippen LogP) is 6.43. The van der Waals surface area contributed by atoms with Gasteiger partial charge in [-0.05, 0) is 94.7 Å². The van der Waals surface area contributed by atoms with Crippen LogP contribution < -0.4 is 10.1 Å². The number of hydrogen-bond acceptors (Lipinski definition) is 7. The highest BCUT2D eigenvalue weighted by atomic mass is 16.6. The lowest BCUT2D eigenvalue weighted by molar-refractivity contribution is -0.130. The monoisotopic (exact) mass is 680 g/mol. The first-order chi connectivity index (χ1) is 24.1. The van der Waals surface area contributed by atoms with E-state index in [0.717, 1.165) is 49.4 Å². The van der Waals surface area contributed by atoms with Crippen LogP contribution in [0.1, 0.15) is 57.6 Å². The van der Waals surface area contributed by atoms with E-state index < -0.39 is 23.8 Å². The Labute approximate surface area is 296 Å². The number of nitrogens with one attached hydrogen (secondary N) is 1. The normalized spacial score (nSPS) is 15.9. The van der Waals surface area contributed by atoms with Crippen molar-refractivity contribution in [3.05, 3.63) is 108 Å². The second-order valence-electron chi connectivity index (χ2n) is 14.2. The molecular formula is C41H52N4O5. The van der Waals surface area contributed by atoms with Gasteiger partial charge in [0.15, 0.2) is 0 Å². The molecule has 1 aromatic heterocycles. The summed E-state index contributed by atoms with van der Waals surface area (Å²) >= 11 is 0. The molecule has 0 bridgehead atoms. The lowest BCUT2D eigenvalue weighted by Gasteiger charge is -2.41. The number of carbonyl (C=O) groups excluding carboxylic acids is 2. The number of aliphatic hydroxyl groups excluding tert-OH is 1. The molecule has 2 atom stereocenters. The van der Waals surface area contributed by atoms with Gasteiger partial charge in [-0.25, -0.2) is 4.79 Å². The summed E-state index contributed by atoms with van der Waals surface area (Å²) in [6.07, 6.45) is 5.83. The number of nitrogens with zero attached hydrogens (tertiary/aromatic N) is 3. The first-order valence-corrected chi connectivity index (χ1v) is 17.9. The summed E-state index contributed by atoms with van der Waals surface area (Å²) in [6, 6.07) is 29.5. The number of pyridine rings is 1. The molecule has 0 radical (unpaired) electrons. The zero-order valence-corrected chi connectivity index (χ0v) is 29.7. The summed E-state index contributed by atoms with van der Waals surface area (Å²) in [5, 5.41) is 15.2. The topological polar surface area (TPSA) is 104 Å². The van der Waals surface area contributed by atoms with Gasteiger partial charge in [-0.1, -0.05) is 66.7 Å². The molecule has 0 saturated carbocycles. The fraction of sp³-hybridized carbons (Fsp3) is 0.439. The summed E-state index contributed by atoms with van der Waals surface area (Å²) in [5.74, 6) is 0.464. The Morgan fingerprint density at radius 3 is 2.18 bits per heavy atom. The van der Waals surface area contributed by atoms with Crippen LogP contribution in [0.5, 0.6) is 5.75 Å². The fourth-order valence-electron chi connectivity index (χ4n) is 6.49. The van der Waals surface area contributed by atoms with E-state index in [1.807, 2.05) is 68.1 Å². The van der Waals surface area contributed by atoms with Gasteiger partial charge in [0.2, 0.25) is 5.91 Å². The summed E-state index contributed by atoms with van der Waals surface area (Å²) in [6.45, 7) is 6.95. The molecule has 2 heterocycles. The maximum atomic E-state index is 14.1. The summed E-state index contributed by atoms with van der Waals surface area (Å²) in [5.41, 5.74) is 2.68. The minimum absolute atomic E-state index is 0.0417. The maximum Gasteiger partial charge on any atom is 0.411 e. The second kappa shape index (κ2) is 18.0. The van der Waals surface area contributed by atoms with Crippen LogP contribution in [0, 0.1) is 0 Å². The Hall–Kier alpha value is -4.47. The van der Waals surface area contributed by atoms with E-state index in [4.69, 9.17) is 9.47 Å². The molecule has 9 heteroatoms. The molecule has 1 fully saturated rings. The first-order valence-electron chi connectivity index (χ1n) is 17.9. The van der Waals surface area contributed by atoms with Crippen molar-refractivity contribution in [1.82, 2.24) is 20.1 Å². The van der Waals surface area contributed by atoms with Crippen LogP contribution in [0.2, 0.25) is 0 Å². The number of amides is 2. The van der Waals surface area contributed by atoms with Crippen LogP contribution >= 0.6 is 0 Å². The minimum atomic E-state index is -0.803. The highest BCUT2D eigenvalue weighted by Crippen LogP contribution is 2.24. The van der Waals surface area contributed by atoms with Crippen molar-refractivity contribution in [2.75, 3.05) is 32.8 Å². The number of piperazine rings is 1. The summed E-state index contributed by atoms with van der Waals surface area (Å²) in [7, 11) is 0. The largest absolute Gasteiger partial charge is 0.490 e. The molecule has 50 heavy (non-hydrogen) atoms. The molecule has 0 spiro atoms. The number of rotatable bonds is 15. The van der Waals surface area contributed by atoms with Crippen LogP contribution in [-0.2, 0) is 22.4 Å². The third-order valence-corrected chi connectivity index (χ3v) is 8.97. The van der Waals surface area contributed by atoms with Crippen LogP contribution in [-0.4, -0.2) is 88.5 Å². The van der Waals surface area contributed by atoms with Gasteiger partial charge in [0.25, 0.3) is 0 Å². The number of aromatic nitrogens is 1. The number of fused-ring (bicyclic) bond motifs is 1. The Morgan fingerprint density at radius 2 is 1.54 bits per heavy atom. The van der Waals surface area contributed by atoms with Crippen molar-refractivity contribution >= 4 is 22.9 Å². The van der Waals surface area contributed by atoms with Crippen molar-refractivity contribution in [3.8, 4) is 5.75 Å². The van der Waals surface area contributed by atoms with E-state index in [2.05, 4.69) is 58.8 Å². The zero-order chi connectivity index (χ0) is 35.3. The second-order valence-corrected chi connectivity index (χ2v) is 14.2. The van der Waals surface area contributed by atoms with Crippen LogP contribution in [0.25, 0.3) is 10.9 Å². The summed E-state index contributed by atoms with van der Waals surface area (Å²) in [4.78, 5) is 35.5. The van der Waals surface area contributed by atoms with E-state index in [9.17, 15) is 14.7 Å². The molecule has 9 nitrogen and oxygen atoms in total. The fourth-order valence-corrected chi connectivity index (χ4v) is 6.49. The molecule has 1 saturated heterocycles. The molecule has 1 unspecified atom stereocenters. The number of hydrogen-bond donors (Lipinski definition) is 2. The van der Waals surface area contributed by atoms with E-state index in [1.165, 1.54) is 11.1 Å². The van der Waals surface area contributed by atoms with Crippen molar-refractivity contribution in [2.24, 2.45) is 0 Å². The Morgan fingerprint density at radius 1 is 0.880 bits per heavy atom. The van der Waals surface area contributed by atoms with Crippen molar-refractivity contribution in [3.63, 3.8) is 0 Å². The first kappa shape index (κ1) is 36.8. The van der Waals surface area contributed by atoms with Crippen LogP contribution in [0.15, 0.2) is 97.2 Å². The standard InChI is InChI=1S/C41H52N4O5/c1-41(2,3)50-40(48)45-27-26-44(28-34(46)30-49-38-24-12-23-36-35(38)22-13-25-42-36)29-37(45)39(47)43-33(20-10-18-31-14-6-4-7-15-31)21-11-19-32-16-8-5-9-17-32/h4-9,12-17,22-25,33-34,37,46H,10-11,18-21,26-30H2,1-3H3,(H,43,47)/t34-,37?/m0/s1. The van der Waals surface area contributed by atoms with Crippen LogP contribution in [0.3, 0.4) is 0 Å². The Bertz CT molecular complexity index is 1590. The molecule has 0 aliphatic carbocycles. The van der Waals surface area contributed by atoms with Gasteiger partial charge >= 0.3 is 6.09 Å². The van der Waals surface area contributed by atoms with Gasteiger partial charge in [-0.2, -0.15) is 0 Å². The number of ether oxygens (including phenoxy) is 2. The molecular weight excluding hydrogens is 628 g/mol. The number of benzene rings is 3. The van der Waals surface area contributed by atoms with E-state index >= 15 is 0 Å². The van der Waals surface area contributed by atoms with Crippen LogP contribution in [0.4, 0.5) is 4.79 Å². The molecule has 2 N–H and O–H groups in total. The third kappa shape index (κ3) is 11.3. The summed E-state index contributed by atoms with van der Waals surface area (Å²) < 4.78 is 11.8. The smallest absolute Gasteiger partial charge is 0.411 e. The number of β-amino-alcohol motifs (C(OH)–C–C–N with tert-alkyl or cyclic N) is 1. The highest BCUT2D eigenvalue weighted by molar-refractivity contribution is 5.86. The molecule has 4 aromatic rings. The van der Waals surface area contributed by atoms with Gasteiger partial charge in [0, 0.05) is 43.8 Å². The van der Waals surface area contributed by atoms with Gasteiger partial charge in [0.1, 0.15) is 30.1 Å². The Kier molecular flexibility index (Phi) is 13.2. The average molecular weight is 681 g/mol. The number of aliphatic hydroxyl groups is 1. The van der Waals surface area contributed by atoms with E-state index in [0.29, 0.717) is 25.4 Å². The van der Waals surface area contributed by atoms with Crippen molar-refractivity contribution in [2.45, 2.75) is 83.1 Å². The predicted molar refractivity (Wildman–Crippen MR) is 197 cm³/mol. The molecule has 3 aromatic carbocycles. The molecule has 1 aliphatic rings. The number of aryl methyl sites for hydroxylation is 2. The van der Waals surface area contributed by atoms with E-state index in [1.54, 1.807) is 11.1 Å². The average Bonchev–Trinajstić information content (AvgIpc) is 3.10. The molecule has 5 rings (SSSR count). The van der Waals surface area contributed by atoms with Crippen molar-refractivity contribution < 1.29 is 24.2 Å². The third-order valence-electron chi connectivity index (χ3n) is 8.97. The minimum Gasteiger partial charge on any atom is -0.490 e. The molecule has 1 aliphatic heterocycles. The SMILES string of the molecule is CC(C)(C)OC(=O)N1CCN(C[C@H](O)COc2cccc3ncccc23)CC1C(=O)NC(CCCc1ccccc1)CCCc1ccccc1. The van der Waals surface area contributed by atoms with Crippen molar-refractivity contribution in [1.29, 1.82) is 0 Å². The number of carbonyl (C=O) groups is 2. The Balaban J connectivity index is 1.24. The lowest BCUT2D eigenvalue weighted by atomic mass is 9.98. The van der Waals surface area contributed by atoms with Gasteiger partial charge in [0.05, 0.1) is 5.52 Å².